The second-order valence-corrected chi connectivity index (χ2v) is 7.48. The van der Waals surface area contributed by atoms with Gasteiger partial charge in [-0.1, -0.05) is 59.8 Å². The van der Waals surface area contributed by atoms with E-state index in [0.29, 0.717) is 32.7 Å². The molecule has 6 heteroatoms. The van der Waals surface area contributed by atoms with Gasteiger partial charge in [-0.15, -0.1) is 0 Å². The summed E-state index contributed by atoms with van der Waals surface area (Å²) in [6.07, 6.45) is 1.75. The first-order valence-corrected chi connectivity index (χ1v) is 9.81. The maximum atomic E-state index is 13.2. The van der Waals surface area contributed by atoms with Crippen LogP contribution in [0.3, 0.4) is 0 Å². The van der Waals surface area contributed by atoms with Gasteiger partial charge < -0.3 is 0 Å². The van der Waals surface area contributed by atoms with Gasteiger partial charge >= 0.3 is 0 Å². The number of pyridine rings is 1. The SMILES string of the molecule is Cc1ccc(-n2c(SCc3ccccc3Cl)nc3ccccc3c2=O)nc1. The topological polar surface area (TPSA) is 47.8 Å². The van der Waals surface area contributed by atoms with Crippen molar-refractivity contribution in [3.05, 3.63) is 93.4 Å². The highest BCUT2D eigenvalue weighted by atomic mass is 35.5. The molecule has 0 spiro atoms. The lowest BCUT2D eigenvalue weighted by Gasteiger charge is -2.13. The van der Waals surface area contributed by atoms with E-state index in [9.17, 15) is 4.79 Å². The van der Waals surface area contributed by atoms with Crippen LogP contribution in [0.2, 0.25) is 5.02 Å². The van der Waals surface area contributed by atoms with Crippen molar-refractivity contribution in [1.82, 2.24) is 14.5 Å². The Morgan fingerprint density at radius 2 is 1.81 bits per heavy atom. The number of rotatable bonds is 4. The predicted octanol–water partition coefficient (Wildman–Crippen LogP) is 5.03. The lowest BCUT2D eigenvalue weighted by Crippen LogP contribution is -2.22. The highest BCUT2D eigenvalue weighted by Crippen LogP contribution is 2.27. The number of fused-ring (bicyclic) bond motifs is 1. The van der Waals surface area contributed by atoms with Crippen molar-refractivity contribution in [3.63, 3.8) is 0 Å². The molecule has 2 heterocycles. The van der Waals surface area contributed by atoms with E-state index in [4.69, 9.17) is 16.6 Å². The summed E-state index contributed by atoms with van der Waals surface area (Å²) < 4.78 is 1.57. The van der Waals surface area contributed by atoms with Crippen LogP contribution >= 0.6 is 23.4 Å². The molecule has 0 atom stereocenters. The summed E-state index contributed by atoms with van der Waals surface area (Å²) in [5, 5.41) is 1.87. The van der Waals surface area contributed by atoms with Gasteiger partial charge in [-0.3, -0.25) is 4.79 Å². The van der Waals surface area contributed by atoms with Gasteiger partial charge in [-0.2, -0.15) is 0 Å². The number of nitrogens with zero attached hydrogens (tertiary/aromatic N) is 3. The van der Waals surface area contributed by atoms with E-state index in [1.807, 2.05) is 61.5 Å². The first-order chi connectivity index (χ1) is 13.1. The van der Waals surface area contributed by atoms with Gasteiger partial charge in [0.05, 0.1) is 10.9 Å². The molecule has 134 valence electrons. The molecule has 0 aliphatic carbocycles. The fraction of sp³-hybridized carbons (Fsp3) is 0.0952. The Balaban J connectivity index is 1.84. The van der Waals surface area contributed by atoms with Crippen molar-refractivity contribution in [3.8, 4) is 5.82 Å². The minimum absolute atomic E-state index is 0.126. The van der Waals surface area contributed by atoms with Crippen LogP contribution in [0.1, 0.15) is 11.1 Å². The zero-order valence-corrected chi connectivity index (χ0v) is 16.2. The maximum Gasteiger partial charge on any atom is 0.267 e. The minimum Gasteiger partial charge on any atom is -0.268 e. The second-order valence-electron chi connectivity index (χ2n) is 6.13. The van der Waals surface area contributed by atoms with Gasteiger partial charge in [0.25, 0.3) is 5.56 Å². The molecule has 0 bridgehead atoms. The molecule has 4 aromatic rings. The normalized spacial score (nSPS) is 11.0. The van der Waals surface area contributed by atoms with Crippen LogP contribution in [-0.4, -0.2) is 14.5 Å². The monoisotopic (exact) mass is 393 g/mol. The third-order valence-electron chi connectivity index (χ3n) is 4.18. The highest BCUT2D eigenvalue weighted by Gasteiger charge is 2.14. The van der Waals surface area contributed by atoms with Crippen LogP contribution in [0, 0.1) is 6.92 Å². The summed E-state index contributed by atoms with van der Waals surface area (Å²) in [5.74, 6) is 1.17. The quantitative estimate of drug-likeness (QED) is 0.360. The Kier molecular flexibility index (Phi) is 4.97. The Labute approximate surface area is 165 Å². The molecule has 0 saturated carbocycles. The average Bonchev–Trinajstić information content (AvgIpc) is 2.69. The molecule has 27 heavy (non-hydrogen) atoms. The summed E-state index contributed by atoms with van der Waals surface area (Å²) in [4.78, 5) is 22.3. The summed E-state index contributed by atoms with van der Waals surface area (Å²) in [6.45, 7) is 1.96. The molecule has 0 N–H and O–H groups in total. The largest absolute Gasteiger partial charge is 0.268 e. The number of benzene rings is 2. The number of para-hydroxylation sites is 1. The van der Waals surface area contributed by atoms with E-state index in [0.717, 1.165) is 11.1 Å². The first kappa shape index (κ1) is 17.8. The van der Waals surface area contributed by atoms with Crippen molar-refractivity contribution in [2.75, 3.05) is 0 Å². The van der Waals surface area contributed by atoms with E-state index in [2.05, 4.69) is 4.98 Å². The summed E-state index contributed by atoms with van der Waals surface area (Å²) in [6, 6.07) is 18.8. The van der Waals surface area contributed by atoms with Crippen molar-refractivity contribution < 1.29 is 0 Å². The minimum atomic E-state index is -0.126. The molecule has 0 saturated heterocycles. The van der Waals surface area contributed by atoms with Crippen molar-refractivity contribution >= 4 is 34.3 Å². The van der Waals surface area contributed by atoms with Crippen molar-refractivity contribution in [2.24, 2.45) is 0 Å². The van der Waals surface area contributed by atoms with Gasteiger partial charge in [-0.25, -0.2) is 14.5 Å². The maximum absolute atomic E-state index is 13.2. The fourth-order valence-electron chi connectivity index (χ4n) is 2.76. The Morgan fingerprint density at radius 3 is 2.59 bits per heavy atom. The van der Waals surface area contributed by atoms with Crippen molar-refractivity contribution in [1.29, 1.82) is 0 Å². The standard InChI is InChI=1S/C21H16ClN3OS/c1-14-10-11-19(23-12-14)25-20(26)16-7-3-5-9-18(16)24-21(25)27-13-15-6-2-4-8-17(15)22/h2-12H,13H2,1H3. The molecular weight excluding hydrogens is 378 g/mol. The van der Waals surface area contributed by atoms with Gasteiger partial charge in [0.1, 0.15) is 5.82 Å². The number of hydrogen-bond donors (Lipinski definition) is 0. The van der Waals surface area contributed by atoms with Crippen LogP contribution in [0.15, 0.2) is 76.8 Å². The summed E-state index contributed by atoms with van der Waals surface area (Å²) in [7, 11) is 0. The first-order valence-electron chi connectivity index (χ1n) is 8.44. The molecular formula is C21H16ClN3OS. The molecule has 0 unspecified atom stereocenters. The molecule has 0 amide bonds. The van der Waals surface area contributed by atoms with Crippen LogP contribution in [-0.2, 0) is 5.75 Å². The molecule has 2 aromatic heterocycles. The van der Waals surface area contributed by atoms with E-state index in [1.54, 1.807) is 16.8 Å². The number of aryl methyl sites for hydroxylation is 1. The van der Waals surface area contributed by atoms with Gasteiger partial charge in [0.2, 0.25) is 0 Å². The smallest absolute Gasteiger partial charge is 0.267 e. The van der Waals surface area contributed by atoms with Gasteiger partial charge in [0, 0.05) is 17.0 Å². The average molecular weight is 394 g/mol. The second kappa shape index (κ2) is 7.55. The summed E-state index contributed by atoms with van der Waals surface area (Å²) in [5.41, 5.74) is 2.58. The third kappa shape index (κ3) is 3.61. The van der Waals surface area contributed by atoms with Gasteiger partial charge in [0.15, 0.2) is 5.16 Å². The lowest BCUT2D eigenvalue weighted by molar-refractivity contribution is 0.794. The Morgan fingerprint density at radius 1 is 1.04 bits per heavy atom. The van der Waals surface area contributed by atoms with Gasteiger partial charge in [-0.05, 0) is 42.3 Å². The van der Waals surface area contributed by atoms with E-state index < -0.39 is 0 Å². The molecule has 0 fully saturated rings. The van der Waals surface area contributed by atoms with Crippen LogP contribution in [0.5, 0.6) is 0 Å². The number of thioether (sulfide) groups is 1. The molecule has 2 aromatic carbocycles. The summed E-state index contributed by atoms with van der Waals surface area (Å²) >= 11 is 7.75. The molecule has 0 radical (unpaired) electrons. The predicted molar refractivity (Wildman–Crippen MR) is 111 cm³/mol. The Bertz CT molecular complexity index is 1170. The van der Waals surface area contributed by atoms with E-state index in [-0.39, 0.29) is 5.56 Å². The number of hydrogen-bond acceptors (Lipinski definition) is 4. The number of halogens is 1. The molecule has 0 aliphatic heterocycles. The lowest BCUT2D eigenvalue weighted by atomic mass is 10.2. The van der Waals surface area contributed by atoms with Crippen molar-refractivity contribution in [2.45, 2.75) is 17.8 Å². The third-order valence-corrected chi connectivity index (χ3v) is 5.54. The number of aromatic nitrogens is 3. The van der Waals surface area contributed by atoms with E-state index in [1.165, 1.54) is 11.8 Å². The van der Waals surface area contributed by atoms with Crippen LogP contribution in [0.25, 0.3) is 16.7 Å². The van der Waals surface area contributed by atoms with Crippen LogP contribution < -0.4 is 5.56 Å². The van der Waals surface area contributed by atoms with E-state index >= 15 is 0 Å². The fourth-order valence-corrected chi connectivity index (χ4v) is 4.05. The molecule has 0 aliphatic rings. The molecule has 4 rings (SSSR count). The molecule has 4 nitrogen and oxygen atoms in total. The van der Waals surface area contributed by atoms with Crippen LogP contribution in [0.4, 0.5) is 0 Å². The zero-order valence-electron chi connectivity index (χ0n) is 14.6. The highest BCUT2D eigenvalue weighted by molar-refractivity contribution is 7.98. The zero-order chi connectivity index (χ0) is 18.8. The Hall–Kier alpha value is -2.63.